The van der Waals surface area contributed by atoms with Gasteiger partial charge in [0.15, 0.2) is 0 Å². The predicted octanol–water partition coefficient (Wildman–Crippen LogP) is 3.09. The molecule has 0 fully saturated rings. The van der Waals surface area contributed by atoms with Crippen molar-refractivity contribution in [1.29, 1.82) is 0 Å². The number of carbonyl (C=O) groups excluding carboxylic acids is 1. The zero-order valence-electron chi connectivity index (χ0n) is 12.1. The van der Waals surface area contributed by atoms with E-state index in [9.17, 15) is 9.90 Å². The third kappa shape index (κ3) is 2.84. The second-order valence-electron chi connectivity index (χ2n) is 6.78. The Morgan fingerprint density at radius 1 is 1.06 bits per heavy atom. The first kappa shape index (κ1) is 14.6. The highest BCUT2D eigenvalue weighted by molar-refractivity contribution is 5.96. The SMILES string of the molecule is CC(C)(C)c1cc(C(N)=O)c(O)c(C(C)(C)C)c1. The van der Waals surface area contributed by atoms with E-state index in [1.54, 1.807) is 6.07 Å². The molecule has 0 radical (unpaired) electrons. The van der Waals surface area contributed by atoms with Crippen LogP contribution < -0.4 is 5.73 Å². The summed E-state index contributed by atoms with van der Waals surface area (Å²) in [6, 6.07) is 3.65. The molecule has 1 rings (SSSR count). The number of hydrogen-bond acceptors (Lipinski definition) is 2. The van der Waals surface area contributed by atoms with Gasteiger partial charge in [0.25, 0.3) is 5.91 Å². The molecule has 0 unspecified atom stereocenters. The van der Waals surface area contributed by atoms with Crippen molar-refractivity contribution in [3.8, 4) is 5.75 Å². The van der Waals surface area contributed by atoms with Crippen LogP contribution in [0.2, 0.25) is 0 Å². The number of hydrogen-bond donors (Lipinski definition) is 2. The van der Waals surface area contributed by atoms with Gasteiger partial charge in [-0.25, -0.2) is 0 Å². The Morgan fingerprint density at radius 3 is 1.89 bits per heavy atom. The van der Waals surface area contributed by atoms with Crippen molar-refractivity contribution in [1.82, 2.24) is 0 Å². The van der Waals surface area contributed by atoms with Gasteiger partial charge in [0.2, 0.25) is 0 Å². The molecule has 0 aromatic heterocycles. The second-order valence-corrected chi connectivity index (χ2v) is 6.78. The van der Waals surface area contributed by atoms with E-state index in [0.717, 1.165) is 11.1 Å². The minimum atomic E-state index is -0.593. The van der Waals surface area contributed by atoms with Gasteiger partial charge in [-0.2, -0.15) is 0 Å². The lowest BCUT2D eigenvalue weighted by molar-refractivity contribution is 0.0997. The summed E-state index contributed by atoms with van der Waals surface area (Å²) in [6.07, 6.45) is 0. The van der Waals surface area contributed by atoms with Crippen LogP contribution in [0.5, 0.6) is 5.75 Å². The molecule has 100 valence electrons. The molecule has 0 bridgehead atoms. The lowest BCUT2D eigenvalue weighted by atomic mass is 9.79. The minimum absolute atomic E-state index is 0.00278. The maximum Gasteiger partial charge on any atom is 0.252 e. The number of phenols is 1. The zero-order valence-corrected chi connectivity index (χ0v) is 12.1. The van der Waals surface area contributed by atoms with Gasteiger partial charge in [-0.15, -0.1) is 0 Å². The van der Waals surface area contributed by atoms with Crippen molar-refractivity contribution in [3.63, 3.8) is 0 Å². The van der Waals surface area contributed by atoms with E-state index in [1.807, 2.05) is 26.8 Å². The van der Waals surface area contributed by atoms with Crippen molar-refractivity contribution < 1.29 is 9.90 Å². The van der Waals surface area contributed by atoms with Gasteiger partial charge in [0.1, 0.15) is 5.75 Å². The highest BCUT2D eigenvalue weighted by Crippen LogP contribution is 2.37. The van der Waals surface area contributed by atoms with Gasteiger partial charge in [0, 0.05) is 5.56 Å². The molecular weight excluding hydrogens is 226 g/mol. The van der Waals surface area contributed by atoms with E-state index in [4.69, 9.17) is 5.73 Å². The quantitative estimate of drug-likeness (QED) is 0.803. The van der Waals surface area contributed by atoms with Crippen LogP contribution in [0.15, 0.2) is 12.1 Å². The third-order valence-corrected chi connectivity index (χ3v) is 3.05. The fourth-order valence-electron chi connectivity index (χ4n) is 1.83. The standard InChI is InChI=1S/C15H23NO2/c1-14(2,3)9-7-10(13(16)18)12(17)11(8-9)15(4,5)6/h7-8,17H,1-6H3,(H2,16,18). The molecule has 0 saturated carbocycles. The van der Waals surface area contributed by atoms with Gasteiger partial charge in [-0.05, 0) is 22.5 Å². The molecular formula is C15H23NO2. The van der Waals surface area contributed by atoms with Crippen molar-refractivity contribution in [3.05, 3.63) is 28.8 Å². The van der Waals surface area contributed by atoms with Gasteiger partial charge >= 0.3 is 0 Å². The average Bonchev–Trinajstić information content (AvgIpc) is 2.13. The number of nitrogens with two attached hydrogens (primary N) is 1. The van der Waals surface area contributed by atoms with E-state index in [2.05, 4.69) is 20.8 Å². The average molecular weight is 249 g/mol. The van der Waals surface area contributed by atoms with Crippen molar-refractivity contribution in [2.45, 2.75) is 52.4 Å². The van der Waals surface area contributed by atoms with Crippen molar-refractivity contribution >= 4 is 5.91 Å². The van der Waals surface area contributed by atoms with E-state index in [0.29, 0.717) is 0 Å². The van der Waals surface area contributed by atoms with Gasteiger partial charge in [-0.1, -0.05) is 47.6 Å². The highest BCUT2D eigenvalue weighted by Gasteiger charge is 2.26. The second kappa shape index (κ2) is 4.30. The highest BCUT2D eigenvalue weighted by atomic mass is 16.3. The minimum Gasteiger partial charge on any atom is -0.507 e. The van der Waals surface area contributed by atoms with E-state index >= 15 is 0 Å². The fraction of sp³-hybridized carbons (Fsp3) is 0.533. The van der Waals surface area contributed by atoms with Crippen molar-refractivity contribution in [2.24, 2.45) is 5.73 Å². The number of carbonyl (C=O) groups is 1. The fourth-order valence-corrected chi connectivity index (χ4v) is 1.83. The normalized spacial score (nSPS) is 12.6. The Kier molecular flexibility index (Phi) is 3.48. The first-order valence-electron chi connectivity index (χ1n) is 6.12. The van der Waals surface area contributed by atoms with Crippen LogP contribution in [0.1, 0.15) is 63.0 Å². The van der Waals surface area contributed by atoms with Crippen LogP contribution in [0.25, 0.3) is 0 Å². The maximum atomic E-state index is 11.4. The number of benzene rings is 1. The molecule has 18 heavy (non-hydrogen) atoms. The largest absolute Gasteiger partial charge is 0.507 e. The van der Waals surface area contributed by atoms with Crippen LogP contribution in [-0.4, -0.2) is 11.0 Å². The summed E-state index contributed by atoms with van der Waals surface area (Å²) in [6.45, 7) is 12.2. The summed E-state index contributed by atoms with van der Waals surface area (Å²) in [5.41, 5.74) is 6.95. The summed E-state index contributed by atoms with van der Waals surface area (Å²) in [4.78, 5) is 11.4. The number of aromatic hydroxyl groups is 1. The Bertz CT molecular complexity index is 476. The molecule has 3 heteroatoms. The van der Waals surface area contributed by atoms with Crippen LogP contribution in [0, 0.1) is 0 Å². The molecule has 0 heterocycles. The summed E-state index contributed by atoms with van der Waals surface area (Å²) in [7, 11) is 0. The maximum absolute atomic E-state index is 11.4. The zero-order chi connectivity index (χ0) is 14.3. The molecule has 0 aliphatic carbocycles. The van der Waals surface area contributed by atoms with E-state index in [-0.39, 0.29) is 22.1 Å². The van der Waals surface area contributed by atoms with E-state index < -0.39 is 5.91 Å². The molecule has 0 saturated heterocycles. The summed E-state index contributed by atoms with van der Waals surface area (Å²) in [5, 5.41) is 10.2. The lowest BCUT2D eigenvalue weighted by Gasteiger charge is -2.26. The molecule has 3 nitrogen and oxygen atoms in total. The molecule has 1 aromatic rings. The van der Waals surface area contributed by atoms with Crippen LogP contribution >= 0.6 is 0 Å². The lowest BCUT2D eigenvalue weighted by Crippen LogP contribution is -2.20. The number of amides is 1. The van der Waals surface area contributed by atoms with Crippen molar-refractivity contribution in [2.75, 3.05) is 0 Å². The topological polar surface area (TPSA) is 63.3 Å². The molecule has 0 spiro atoms. The summed E-state index contributed by atoms with van der Waals surface area (Å²) in [5.74, 6) is -0.591. The van der Waals surface area contributed by atoms with Gasteiger partial charge in [-0.3, -0.25) is 4.79 Å². The van der Waals surface area contributed by atoms with Crippen LogP contribution in [0.3, 0.4) is 0 Å². The Labute approximate surface area is 109 Å². The Hall–Kier alpha value is -1.51. The molecule has 0 aliphatic heterocycles. The Balaban J connectivity index is 3.63. The van der Waals surface area contributed by atoms with Gasteiger partial charge in [0.05, 0.1) is 5.56 Å². The molecule has 0 atom stereocenters. The number of rotatable bonds is 1. The predicted molar refractivity (Wildman–Crippen MR) is 74.0 cm³/mol. The summed E-state index contributed by atoms with van der Waals surface area (Å²) < 4.78 is 0. The smallest absolute Gasteiger partial charge is 0.252 e. The molecule has 3 N–H and O–H groups in total. The molecule has 1 aromatic carbocycles. The monoisotopic (exact) mass is 249 g/mol. The third-order valence-electron chi connectivity index (χ3n) is 3.05. The molecule has 1 amide bonds. The van der Waals surface area contributed by atoms with Gasteiger partial charge < -0.3 is 10.8 Å². The van der Waals surface area contributed by atoms with Crippen LogP contribution in [-0.2, 0) is 10.8 Å². The number of primary amides is 1. The van der Waals surface area contributed by atoms with Crippen LogP contribution in [0.4, 0.5) is 0 Å². The summed E-state index contributed by atoms with van der Waals surface area (Å²) >= 11 is 0. The molecule has 0 aliphatic rings. The first-order chi connectivity index (χ1) is 7.94. The first-order valence-corrected chi connectivity index (χ1v) is 6.12. The Morgan fingerprint density at radius 2 is 1.56 bits per heavy atom. The van der Waals surface area contributed by atoms with E-state index in [1.165, 1.54) is 0 Å².